The third-order valence-electron chi connectivity index (χ3n) is 4.63. The zero-order valence-corrected chi connectivity index (χ0v) is 15.8. The summed E-state index contributed by atoms with van der Waals surface area (Å²) in [6.07, 6.45) is 0.925. The molecule has 1 aliphatic heterocycles. The number of amides is 1. The molecule has 0 unspecified atom stereocenters. The highest BCUT2D eigenvalue weighted by atomic mass is 32.1. The number of benzene rings is 1. The Morgan fingerprint density at radius 2 is 1.96 bits per heavy atom. The Morgan fingerprint density at radius 1 is 1.24 bits per heavy atom. The summed E-state index contributed by atoms with van der Waals surface area (Å²) in [4.78, 5) is 21.5. The zero-order chi connectivity index (χ0) is 17.6. The minimum atomic E-state index is -0.0641. The molecule has 1 aromatic heterocycles. The number of nitrogens with zero attached hydrogens (tertiary/aromatic N) is 3. The highest BCUT2D eigenvalue weighted by Gasteiger charge is 2.19. The SMILES string of the molecule is CC[C@@H](C)NC(=O)c1csc(CN2CCN(c3ccccc3)CC2)n1. The van der Waals surface area contributed by atoms with Crippen LogP contribution in [0.3, 0.4) is 0 Å². The fourth-order valence-electron chi connectivity index (χ4n) is 2.88. The highest BCUT2D eigenvalue weighted by molar-refractivity contribution is 7.09. The normalized spacial score (nSPS) is 16.6. The molecule has 1 aliphatic rings. The minimum Gasteiger partial charge on any atom is -0.369 e. The molecule has 0 bridgehead atoms. The van der Waals surface area contributed by atoms with Gasteiger partial charge >= 0.3 is 0 Å². The van der Waals surface area contributed by atoms with Crippen molar-refractivity contribution in [1.82, 2.24) is 15.2 Å². The molecule has 2 heterocycles. The largest absolute Gasteiger partial charge is 0.369 e. The third kappa shape index (κ3) is 4.80. The van der Waals surface area contributed by atoms with Gasteiger partial charge in [-0.3, -0.25) is 9.69 Å². The van der Waals surface area contributed by atoms with E-state index in [1.165, 1.54) is 5.69 Å². The Labute approximate surface area is 153 Å². The van der Waals surface area contributed by atoms with Crippen molar-refractivity contribution in [2.75, 3.05) is 31.1 Å². The van der Waals surface area contributed by atoms with Crippen LogP contribution in [0.5, 0.6) is 0 Å². The van der Waals surface area contributed by atoms with Crippen LogP contribution in [0.25, 0.3) is 0 Å². The van der Waals surface area contributed by atoms with Gasteiger partial charge in [0.1, 0.15) is 10.7 Å². The molecular weight excluding hydrogens is 332 g/mol. The number of anilines is 1. The Kier molecular flexibility index (Phi) is 6.04. The maximum absolute atomic E-state index is 12.1. The average Bonchev–Trinajstić information content (AvgIpc) is 3.11. The second-order valence-electron chi connectivity index (χ2n) is 6.51. The van der Waals surface area contributed by atoms with E-state index >= 15 is 0 Å². The summed E-state index contributed by atoms with van der Waals surface area (Å²) < 4.78 is 0. The maximum Gasteiger partial charge on any atom is 0.270 e. The number of thiazole rings is 1. The van der Waals surface area contributed by atoms with Gasteiger partial charge in [-0.25, -0.2) is 4.98 Å². The van der Waals surface area contributed by atoms with Crippen molar-refractivity contribution in [2.45, 2.75) is 32.9 Å². The van der Waals surface area contributed by atoms with Crippen LogP contribution in [0, 0.1) is 0 Å². The molecule has 1 amide bonds. The Bertz CT molecular complexity index is 680. The highest BCUT2D eigenvalue weighted by Crippen LogP contribution is 2.18. The van der Waals surface area contributed by atoms with Crippen LogP contribution >= 0.6 is 11.3 Å². The molecule has 0 saturated carbocycles. The molecule has 1 fully saturated rings. The molecule has 0 aliphatic carbocycles. The quantitative estimate of drug-likeness (QED) is 0.862. The number of carbonyl (C=O) groups is 1. The maximum atomic E-state index is 12.1. The smallest absolute Gasteiger partial charge is 0.270 e. The average molecular weight is 359 g/mol. The van der Waals surface area contributed by atoms with E-state index in [4.69, 9.17) is 0 Å². The van der Waals surface area contributed by atoms with E-state index in [1.807, 2.05) is 12.3 Å². The monoisotopic (exact) mass is 358 g/mol. The molecule has 134 valence electrons. The molecule has 1 aromatic carbocycles. The van der Waals surface area contributed by atoms with Gasteiger partial charge in [0.05, 0.1) is 6.54 Å². The standard InChI is InChI=1S/C19H26N4OS/c1-3-15(2)20-19(24)17-14-25-18(21-17)13-22-9-11-23(12-10-22)16-7-5-4-6-8-16/h4-8,14-15H,3,9-13H2,1-2H3,(H,20,24)/t15-/m1/s1. The zero-order valence-electron chi connectivity index (χ0n) is 14.9. The first-order chi connectivity index (χ1) is 12.2. The molecule has 5 nitrogen and oxygen atoms in total. The second kappa shape index (κ2) is 8.45. The fourth-order valence-corrected chi connectivity index (χ4v) is 3.70. The summed E-state index contributed by atoms with van der Waals surface area (Å²) >= 11 is 1.58. The molecule has 0 radical (unpaired) electrons. The summed E-state index contributed by atoms with van der Waals surface area (Å²) in [6, 6.07) is 10.7. The van der Waals surface area contributed by atoms with E-state index in [-0.39, 0.29) is 11.9 Å². The summed E-state index contributed by atoms with van der Waals surface area (Å²) in [5.41, 5.74) is 1.84. The summed E-state index contributed by atoms with van der Waals surface area (Å²) in [5.74, 6) is -0.0641. The van der Waals surface area contributed by atoms with Gasteiger partial charge in [-0.1, -0.05) is 25.1 Å². The Morgan fingerprint density at radius 3 is 2.64 bits per heavy atom. The van der Waals surface area contributed by atoms with Crippen molar-refractivity contribution in [3.8, 4) is 0 Å². The first kappa shape index (κ1) is 17.9. The van der Waals surface area contributed by atoms with Crippen molar-refractivity contribution in [2.24, 2.45) is 0 Å². The molecule has 1 saturated heterocycles. The van der Waals surface area contributed by atoms with E-state index in [9.17, 15) is 4.79 Å². The number of hydrogen-bond acceptors (Lipinski definition) is 5. The van der Waals surface area contributed by atoms with Crippen LogP contribution in [0.15, 0.2) is 35.7 Å². The number of aromatic nitrogens is 1. The Balaban J connectivity index is 1.50. The van der Waals surface area contributed by atoms with Crippen LogP contribution < -0.4 is 10.2 Å². The van der Waals surface area contributed by atoms with E-state index in [1.54, 1.807) is 11.3 Å². The Hall–Kier alpha value is -1.92. The van der Waals surface area contributed by atoms with Crippen molar-refractivity contribution < 1.29 is 4.79 Å². The number of carbonyl (C=O) groups excluding carboxylic acids is 1. The molecule has 3 rings (SSSR count). The lowest BCUT2D eigenvalue weighted by atomic mass is 10.2. The molecule has 2 aromatic rings. The third-order valence-corrected chi connectivity index (χ3v) is 5.46. The number of para-hydroxylation sites is 1. The lowest BCUT2D eigenvalue weighted by Crippen LogP contribution is -2.45. The van der Waals surface area contributed by atoms with Crippen LogP contribution in [0.1, 0.15) is 35.8 Å². The van der Waals surface area contributed by atoms with Gasteiger partial charge in [0.2, 0.25) is 0 Å². The van der Waals surface area contributed by atoms with E-state index in [0.29, 0.717) is 5.69 Å². The second-order valence-corrected chi connectivity index (χ2v) is 7.45. The fraction of sp³-hybridized carbons (Fsp3) is 0.474. The van der Waals surface area contributed by atoms with E-state index < -0.39 is 0 Å². The molecule has 25 heavy (non-hydrogen) atoms. The van der Waals surface area contributed by atoms with Crippen LogP contribution in [0.2, 0.25) is 0 Å². The van der Waals surface area contributed by atoms with Gasteiger partial charge in [-0.15, -0.1) is 11.3 Å². The predicted octanol–water partition coefficient (Wildman–Crippen LogP) is 2.99. The van der Waals surface area contributed by atoms with Gasteiger partial charge in [0.25, 0.3) is 5.91 Å². The summed E-state index contributed by atoms with van der Waals surface area (Å²) in [6.45, 7) is 8.98. The molecule has 0 spiro atoms. The predicted molar refractivity (Wildman–Crippen MR) is 103 cm³/mol. The van der Waals surface area contributed by atoms with Crippen LogP contribution in [0.4, 0.5) is 5.69 Å². The van der Waals surface area contributed by atoms with Crippen molar-refractivity contribution in [3.63, 3.8) is 0 Å². The van der Waals surface area contributed by atoms with Crippen LogP contribution in [-0.2, 0) is 6.54 Å². The number of nitrogens with one attached hydrogen (secondary N) is 1. The summed E-state index contributed by atoms with van der Waals surface area (Å²) in [5, 5.41) is 5.86. The van der Waals surface area contributed by atoms with Gasteiger partial charge in [0.15, 0.2) is 0 Å². The number of hydrogen-bond donors (Lipinski definition) is 1. The minimum absolute atomic E-state index is 0.0641. The van der Waals surface area contributed by atoms with E-state index in [2.05, 4.69) is 57.4 Å². The first-order valence-corrected chi connectivity index (χ1v) is 9.81. The summed E-state index contributed by atoms with van der Waals surface area (Å²) in [7, 11) is 0. The molecule has 6 heteroatoms. The first-order valence-electron chi connectivity index (χ1n) is 8.93. The van der Waals surface area contributed by atoms with Crippen molar-refractivity contribution >= 4 is 22.9 Å². The van der Waals surface area contributed by atoms with Gasteiger partial charge in [0, 0.05) is 43.3 Å². The van der Waals surface area contributed by atoms with Gasteiger partial charge < -0.3 is 10.2 Å². The van der Waals surface area contributed by atoms with Crippen LogP contribution in [-0.4, -0.2) is 48.0 Å². The number of rotatable bonds is 6. The van der Waals surface area contributed by atoms with Crippen molar-refractivity contribution in [1.29, 1.82) is 0 Å². The number of piperazine rings is 1. The topological polar surface area (TPSA) is 48.5 Å². The molecule has 1 atom stereocenters. The van der Waals surface area contributed by atoms with Crippen molar-refractivity contribution in [3.05, 3.63) is 46.4 Å². The van der Waals surface area contributed by atoms with Gasteiger partial charge in [-0.05, 0) is 25.5 Å². The van der Waals surface area contributed by atoms with E-state index in [0.717, 1.165) is 44.2 Å². The lowest BCUT2D eigenvalue weighted by Gasteiger charge is -2.35. The molecular formula is C19H26N4OS. The molecule has 1 N–H and O–H groups in total. The van der Waals surface area contributed by atoms with Gasteiger partial charge in [-0.2, -0.15) is 0 Å². The lowest BCUT2D eigenvalue weighted by molar-refractivity contribution is 0.0934.